The highest BCUT2D eigenvalue weighted by Gasteiger charge is 2.33. The van der Waals surface area contributed by atoms with Gasteiger partial charge in [-0.1, -0.05) is 0 Å². The summed E-state index contributed by atoms with van der Waals surface area (Å²) in [6.07, 6.45) is -4.96. The summed E-state index contributed by atoms with van der Waals surface area (Å²) in [5, 5.41) is 1.01. The topological polar surface area (TPSA) is 105 Å². The molecule has 3 amide bonds. The second-order valence-corrected chi connectivity index (χ2v) is 6.82. The average molecular weight is 430 g/mol. The Kier molecular flexibility index (Phi) is 6.65. The third kappa shape index (κ3) is 4.93. The number of hydrogen-bond donors (Lipinski definition) is 1. The molecule has 30 heavy (non-hydrogen) atoms. The molecule has 0 aromatic heterocycles. The summed E-state index contributed by atoms with van der Waals surface area (Å²) >= 11 is 0. The van der Waals surface area contributed by atoms with Crippen molar-refractivity contribution in [2.24, 2.45) is 5.73 Å². The van der Waals surface area contributed by atoms with E-state index < -0.39 is 42.7 Å². The van der Waals surface area contributed by atoms with E-state index in [9.17, 15) is 27.6 Å². The number of hydrogen-bond acceptors (Lipinski definition) is 6. The number of primary amides is 1. The Labute approximate surface area is 170 Å². The summed E-state index contributed by atoms with van der Waals surface area (Å²) in [5.41, 5.74) is 5.69. The fourth-order valence-electron chi connectivity index (χ4n) is 3.28. The molecule has 2 aliphatic heterocycles. The number of alkyl halides is 2. The number of nitrogens with two attached hydrogens (primary N) is 1. The molecule has 0 unspecified atom stereocenters. The van der Waals surface area contributed by atoms with Crippen molar-refractivity contribution in [3.05, 3.63) is 24.0 Å². The van der Waals surface area contributed by atoms with Crippen LogP contribution in [0, 0.1) is 5.82 Å². The van der Waals surface area contributed by atoms with E-state index in [1.807, 2.05) is 0 Å². The Morgan fingerprint density at radius 1 is 1.23 bits per heavy atom. The molecule has 2 fully saturated rings. The standard InChI is InChI=1S/C18H21F3N4O5/c19-13-9-11(24-10-12(30-18(24)28)2-4-15(26)16(20)21)1-3-14(13)23-5-6-25(17(22)27)29-8-7-23/h1,3,9,12,16H,2,4-8,10H2,(H2,22,27)/t12-/m0/s1. The van der Waals surface area contributed by atoms with Crippen LogP contribution in [0.5, 0.6) is 0 Å². The van der Waals surface area contributed by atoms with E-state index in [4.69, 9.17) is 15.3 Å². The number of carbonyl (C=O) groups is 3. The molecule has 0 bridgehead atoms. The molecular weight excluding hydrogens is 409 g/mol. The van der Waals surface area contributed by atoms with Gasteiger partial charge >= 0.3 is 12.1 Å². The number of halogens is 3. The van der Waals surface area contributed by atoms with Crippen molar-refractivity contribution in [2.75, 3.05) is 42.6 Å². The van der Waals surface area contributed by atoms with Crippen molar-refractivity contribution in [3.63, 3.8) is 0 Å². The van der Waals surface area contributed by atoms with Crippen LogP contribution in [0.3, 0.4) is 0 Å². The molecule has 0 spiro atoms. The smallest absolute Gasteiger partial charge is 0.414 e. The summed E-state index contributed by atoms with van der Waals surface area (Å²) in [6.45, 7) is 0.950. The highest BCUT2D eigenvalue weighted by Crippen LogP contribution is 2.29. The number of amides is 3. The van der Waals surface area contributed by atoms with Crippen molar-refractivity contribution >= 4 is 29.3 Å². The van der Waals surface area contributed by atoms with E-state index in [1.165, 1.54) is 23.1 Å². The fraction of sp³-hybridized carbons (Fsp3) is 0.500. The molecule has 2 heterocycles. The van der Waals surface area contributed by atoms with Crippen molar-refractivity contribution < 1.29 is 37.1 Å². The van der Waals surface area contributed by atoms with Crippen molar-refractivity contribution in [2.45, 2.75) is 25.4 Å². The molecule has 12 heteroatoms. The number of hydroxylamine groups is 2. The minimum Gasteiger partial charge on any atom is -0.444 e. The maximum Gasteiger partial charge on any atom is 0.414 e. The van der Waals surface area contributed by atoms with Crippen LogP contribution < -0.4 is 15.5 Å². The molecule has 1 atom stereocenters. The van der Waals surface area contributed by atoms with Gasteiger partial charge in [-0.2, -0.15) is 0 Å². The number of ether oxygens (including phenoxy) is 1. The van der Waals surface area contributed by atoms with Gasteiger partial charge in [-0.05, 0) is 24.6 Å². The first-order chi connectivity index (χ1) is 14.3. The zero-order valence-electron chi connectivity index (χ0n) is 15.9. The number of ketones is 1. The lowest BCUT2D eigenvalue weighted by atomic mass is 10.1. The van der Waals surface area contributed by atoms with Crippen LogP contribution in [-0.2, 0) is 14.4 Å². The zero-order valence-corrected chi connectivity index (χ0v) is 15.9. The fourth-order valence-corrected chi connectivity index (χ4v) is 3.28. The number of nitrogens with zero attached hydrogens (tertiary/aromatic N) is 3. The summed E-state index contributed by atoms with van der Waals surface area (Å²) in [4.78, 5) is 42.4. The lowest BCUT2D eigenvalue weighted by Crippen LogP contribution is -2.38. The van der Waals surface area contributed by atoms with Gasteiger partial charge < -0.3 is 15.4 Å². The Morgan fingerprint density at radius 3 is 2.67 bits per heavy atom. The Bertz CT molecular complexity index is 825. The maximum atomic E-state index is 14.7. The normalized spacial score (nSPS) is 19.8. The van der Waals surface area contributed by atoms with Gasteiger partial charge in [0.15, 0.2) is 5.78 Å². The molecule has 1 aromatic rings. The zero-order chi connectivity index (χ0) is 21.8. The Balaban J connectivity index is 1.64. The van der Waals surface area contributed by atoms with Crippen LogP contribution >= 0.6 is 0 Å². The van der Waals surface area contributed by atoms with Gasteiger partial charge in [0.1, 0.15) is 11.9 Å². The molecule has 164 valence electrons. The molecule has 0 radical (unpaired) electrons. The van der Waals surface area contributed by atoms with Crippen LogP contribution in [0.25, 0.3) is 0 Å². The second kappa shape index (κ2) is 9.20. The number of carbonyl (C=O) groups excluding carboxylic acids is 3. The van der Waals surface area contributed by atoms with E-state index in [2.05, 4.69) is 0 Å². The van der Waals surface area contributed by atoms with Crippen LogP contribution in [-0.4, -0.2) is 68.3 Å². The van der Waals surface area contributed by atoms with Crippen molar-refractivity contribution in [3.8, 4) is 0 Å². The van der Waals surface area contributed by atoms with Gasteiger partial charge in [-0.15, -0.1) is 0 Å². The van der Waals surface area contributed by atoms with E-state index in [1.54, 1.807) is 4.90 Å². The number of urea groups is 1. The first-order valence-corrected chi connectivity index (χ1v) is 9.29. The first-order valence-electron chi connectivity index (χ1n) is 9.29. The number of Topliss-reactive ketones (excluding diaryl/α,β-unsaturated/α-hetero) is 1. The monoisotopic (exact) mass is 430 g/mol. The van der Waals surface area contributed by atoms with E-state index >= 15 is 0 Å². The van der Waals surface area contributed by atoms with E-state index in [-0.39, 0.29) is 37.5 Å². The van der Waals surface area contributed by atoms with Gasteiger partial charge in [0.25, 0.3) is 6.43 Å². The number of benzene rings is 1. The summed E-state index contributed by atoms with van der Waals surface area (Å²) < 4.78 is 44.4. The second-order valence-electron chi connectivity index (χ2n) is 6.82. The van der Waals surface area contributed by atoms with Crippen molar-refractivity contribution in [1.29, 1.82) is 0 Å². The predicted molar refractivity (Wildman–Crippen MR) is 98.7 cm³/mol. The summed E-state index contributed by atoms with van der Waals surface area (Å²) in [5.74, 6) is -1.81. The molecular formula is C18H21F3N4O5. The van der Waals surface area contributed by atoms with Gasteiger partial charge in [0.05, 0.1) is 31.1 Å². The predicted octanol–water partition coefficient (Wildman–Crippen LogP) is 1.90. The molecule has 0 aliphatic carbocycles. The van der Waals surface area contributed by atoms with Gasteiger partial charge in [-0.3, -0.25) is 14.5 Å². The molecule has 2 aliphatic rings. The minimum atomic E-state index is -3.06. The lowest BCUT2D eigenvalue weighted by molar-refractivity contribution is -0.129. The molecule has 0 saturated carbocycles. The molecule has 2 saturated heterocycles. The summed E-state index contributed by atoms with van der Waals surface area (Å²) in [7, 11) is 0. The van der Waals surface area contributed by atoms with Gasteiger partial charge in [0.2, 0.25) is 0 Å². The highest BCUT2D eigenvalue weighted by atomic mass is 19.3. The third-order valence-electron chi connectivity index (χ3n) is 4.84. The lowest BCUT2D eigenvalue weighted by Gasteiger charge is -2.23. The van der Waals surface area contributed by atoms with Crippen LogP contribution in [0.4, 0.5) is 34.1 Å². The Morgan fingerprint density at radius 2 is 2.00 bits per heavy atom. The molecule has 2 N–H and O–H groups in total. The van der Waals surface area contributed by atoms with Gasteiger partial charge in [0, 0.05) is 19.5 Å². The highest BCUT2D eigenvalue weighted by molar-refractivity contribution is 5.90. The van der Waals surface area contributed by atoms with E-state index in [0.29, 0.717) is 13.1 Å². The van der Waals surface area contributed by atoms with Crippen LogP contribution in [0.15, 0.2) is 18.2 Å². The maximum absolute atomic E-state index is 14.7. The SMILES string of the molecule is NC(=O)N1CCN(c2ccc(N3C[C@H](CCC(=O)C(F)F)OC3=O)cc2F)CCO1. The number of cyclic esters (lactones) is 1. The van der Waals surface area contributed by atoms with Crippen molar-refractivity contribution in [1.82, 2.24) is 5.06 Å². The largest absolute Gasteiger partial charge is 0.444 e. The summed E-state index contributed by atoms with van der Waals surface area (Å²) in [6, 6.07) is 3.46. The van der Waals surface area contributed by atoms with E-state index in [0.717, 1.165) is 5.06 Å². The molecule has 3 rings (SSSR count). The number of anilines is 2. The minimum absolute atomic E-state index is 0.0270. The Hall–Kier alpha value is -3.02. The quantitative estimate of drug-likeness (QED) is 0.739. The van der Waals surface area contributed by atoms with Gasteiger partial charge in [-0.25, -0.2) is 27.8 Å². The molecule has 9 nitrogen and oxygen atoms in total. The van der Waals surface area contributed by atoms with Crippen LogP contribution in [0.2, 0.25) is 0 Å². The average Bonchev–Trinajstić information content (AvgIpc) is 2.90. The van der Waals surface area contributed by atoms with Crippen LogP contribution in [0.1, 0.15) is 12.8 Å². The third-order valence-corrected chi connectivity index (χ3v) is 4.84. The molecule has 1 aromatic carbocycles. The first kappa shape index (κ1) is 21.7. The number of rotatable bonds is 6.